The van der Waals surface area contributed by atoms with Gasteiger partial charge in [-0.2, -0.15) is 0 Å². The number of aliphatic hydroxyl groups is 2. The Kier molecular flexibility index (Phi) is 11.3. The number of rotatable bonds is 8. The molecule has 3 aliphatic carbocycles. The van der Waals surface area contributed by atoms with Crippen LogP contribution in [-0.4, -0.2) is 57.8 Å². The van der Waals surface area contributed by atoms with Gasteiger partial charge in [0.2, 0.25) is 0 Å². The molecule has 0 aromatic heterocycles. The van der Waals surface area contributed by atoms with Gasteiger partial charge in [0.15, 0.2) is 5.78 Å². The van der Waals surface area contributed by atoms with Crippen LogP contribution in [0, 0.1) is 5.41 Å². The molecule has 0 radical (unpaired) electrons. The summed E-state index contributed by atoms with van der Waals surface area (Å²) in [5.74, 6) is -0.150. The first kappa shape index (κ1) is 35.6. The van der Waals surface area contributed by atoms with E-state index in [4.69, 9.17) is 0 Å². The first-order valence-electron chi connectivity index (χ1n) is 17.9. The number of amides is 2. The molecular weight excluding hydrogens is 596 g/mol. The van der Waals surface area contributed by atoms with Gasteiger partial charge in [-0.15, -0.1) is 0 Å². The number of nitrogens with zero attached hydrogens (tertiary/aromatic N) is 1. The zero-order chi connectivity index (χ0) is 34.5. The van der Waals surface area contributed by atoms with Gasteiger partial charge in [-0.3, -0.25) is 4.79 Å². The third-order valence-electron chi connectivity index (χ3n) is 10.8. The number of hydrogen-bond acceptors (Lipinski definition) is 4. The lowest BCUT2D eigenvalue weighted by molar-refractivity contribution is -0.0770. The molecule has 0 saturated heterocycles. The average molecular weight is 651 g/mol. The molecule has 3 aliphatic rings. The summed E-state index contributed by atoms with van der Waals surface area (Å²) in [5, 5.41) is 26.7. The van der Waals surface area contributed by atoms with Crippen molar-refractivity contribution in [2.45, 2.75) is 110 Å². The molecule has 6 rings (SSSR count). The van der Waals surface area contributed by atoms with E-state index in [2.05, 4.69) is 56.4 Å². The second-order valence-electron chi connectivity index (χ2n) is 14.7. The number of carbonyl (C=O) groups is 2. The Bertz CT molecular complexity index is 1600. The lowest BCUT2D eigenvalue weighted by Crippen LogP contribution is -2.56. The highest BCUT2D eigenvalue weighted by molar-refractivity contribution is 6.10. The van der Waals surface area contributed by atoms with E-state index in [1.807, 2.05) is 62.4 Å². The molecule has 1 saturated carbocycles. The van der Waals surface area contributed by atoms with Gasteiger partial charge in [-0.1, -0.05) is 92.2 Å². The van der Waals surface area contributed by atoms with Crippen molar-refractivity contribution in [2.24, 2.45) is 5.41 Å². The predicted molar refractivity (Wildman–Crippen MR) is 194 cm³/mol. The average Bonchev–Trinajstić information content (AvgIpc) is 3.32. The van der Waals surface area contributed by atoms with Gasteiger partial charge >= 0.3 is 6.03 Å². The first-order chi connectivity index (χ1) is 22.9. The Morgan fingerprint density at radius 2 is 1.69 bits per heavy atom. The zero-order valence-electron chi connectivity index (χ0n) is 29.5. The Labute approximate surface area is 287 Å². The van der Waals surface area contributed by atoms with Gasteiger partial charge in [0, 0.05) is 29.1 Å². The van der Waals surface area contributed by atoms with Crippen LogP contribution in [0.2, 0.25) is 0 Å². The highest BCUT2D eigenvalue weighted by atomic mass is 16.3. The normalized spacial score (nSPS) is 24.5. The van der Waals surface area contributed by atoms with Gasteiger partial charge < -0.3 is 20.4 Å². The lowest BCUT2D eigenvalue weighted by atomic mass is 9.64. The van der Waals surface area contributed by atoms with Gasteiger partial charge in [0.25, 0.3) is 0 Å². The van der Waals surface area contributed by atoms with E-state index in [1.54, 1.807) is 4.90 Å². The Morgan fingerprint density at radius 1 is 0.979 bits per heavy atom. The highest BCUT2D eigenvalue weighted by Crippen LogP contribution is 2.59. The molecule has 2 amide bonds. The van der Waals surface area contributed by atoms with E-state index in [0.717, 1.165) is 41.5 Å². The Morgan fingerprint density at radius 3 is 2.38 bits per heavy atom. The summed E-state index contributed by atoms with van der Waals surface area (Å²) in [7, 11) is 0. The zero-order valence-corrected chi connectivity index (χ0v) is 29.5. The number of allylic oxidation sites excluding steroid dienone is 2. The van der Waals surface area contributed by atoms with Crippen LogP contribution in [0.15, 0.2) is 84.4 Å². The molecule has 6 heteroatoms. The molecule has 3 aromatic carbocycles. The second-order valence-corrected chi connectivity index (χ2v) is 14.7. The van der Waals surface area contributed by atoms with Crippen molar-refractivity contribution in [1.82, 2.24) is 10.2 Å². The minimum absolute atomic E-state index is 0.00626. The van der Waals surface area contributed by atoms with E-state index in [-0.39, 0.29) is 30.3 Å². The Hall–Kier alpha value is -3.74. The van der Waals surface area contributed by atoms with Crippen molar-refractivity contribution < 1.29 is 19.8 Å². The van der Waals surface area contributed by atoms with Gasteiger partial charge in [-0.25, -0.2) is 4.79 Å². The summed E-state index contributed by atoms with van der Waals surface area (Å²) in [6.07, 6.45) is 7.17. The number of aliphatic hydroxyl groups excluding tert-OH is 1. The van der Waals surface area contributed by atoms with Crippen LogP contribution >= 0.6 is 0 Å². The lowest BCUT2D eigenvalue weighted by Gasteiger charge is -2.46. The fraction of sp³-hybridized carbons (Fsp3) is 0.476. The molecule has 0 aliphatic heterocycles. The van der Waals surface area contributed by atoms with E-state index in [1.165, 1.54) is 5.57 Å². The summed E-state index contributed by atoms with van der Waals surface area (Å²) in [6.45, 7) is 11.0. The largest absolute Gasteiger partial charge is 0.393 e. The van der Waals surface area contributed by atoms with Crippen LogP contribution < -0.4 is 5.32 Å². The third kappa shape index (κ3) is 7.76. The van der Waals surface area contributed by atoms with Crippen molar-refractivity contribution in [1.29, 1.82) is 0 Å². The number of ketones is 1. The standard InChI is InChI=1S/C42H54N2O4/c1-6-25-44(40(47)43-29(2)3)28-42(48)24-22-38-36-21-15-31(26-35(45)20-14-30(4)11-10-23-41(38,42)5)27-37(36)39(46)34-18-16-33(17-19-34)32-12-8-7-9-13-32/h7-9,11-13,15-19,21,27,29,35,38,45,48H,6,10,14,20,22-26,28H2,1-5H3,(H,43,47). The van der Waals surface area contributed by atoms with Crippen LogP contribution in [0.5, 0.6) is 0 Å². The Balaban J connectivity index is 1.57. The fourth-order valence-corrected chi connectivity index (χ4v) is 7.97. The monoisotopic (exact) mass is 650 g/mol. The molecule has 2 bridgehead atoms. The van der Waals surface area contributed by atoms with Crippen LogP contribution in [0.1, 0.15) is 113 Å². The third-order valence-corrected chi connectivity index (χ3v) is 10.8. The first-order valence-corrected chi connectivity index (χ1v) is 17.9. The quantitative estimate of drug-likeness (QED) is 0.169. The molecule has 4 atom stereocenters. The van der Waals surface area contributed by atoms with Crippen molar-refractivity contribution in [3.8, 4) is 11.1 Å². The summed E-state index contributed by atoms with van der Waals surface area (Å²) in [5.41, 5.74) is 4.76. The van der Waals surface area contributed by atoms with Gasteiger partial charge in [0.05, 0.1) is 18.2 Å². The molecule has 256 valence electrons. The fourth-order valence-electron chi connectivity index (χ4n) is 7.97. The minimum atomic E-state index is -1.15. The van der Waals surface area contributed by atoms with Crippen LogP contribution in [0.25, 0.3) is 11.1 Å². The summed E-state index contributed by atoms with van der Waals surface area (Å²) in [4.78, 5) is 29.6. The summed E-state index contributed by atoms with van der Waals surface area (Å²) >= 11 is 0. The molecule has 0 heterocycles. The SMILES string of the molecule is CCCN(CC1(O)CCC2c3ccc(cc3C(=O)c3ccc(-c4ccccc4)cc3)CC(O)CCC(C)=CCCC21C)C(=O)NC(C)C. The van der Waals surface area contributed by atoms with Gasteiger partial charge in [-0.05, 0) is 106 Å². The smallest absolute Gasteiger partial charge is 0.317 e. The van der Waals surface area contributed by atoms with Crippen molar-refractivity contribution in [3.63, 3.8) is 0 Å². The van der Waals surface area contributed by atoms with E-state index < -0.39 is 17.1 Å². The molecule has 4 unspecified atom stereocenters. The summed E-state index contributed by atoms with van der Waals surface area (Å²) < 4.78 is 0. The number of urea groups is 1. The van der Waals surface area contributed by atoms with Crippen molar-refractivity contribution in [3.05, 3.63) is 107 Å². The number of hydrogen-bond donors (Lipinski definition) is 3. The molecule has 6 nitrogen and oxygen atoms in total. The van der Waals surface area contributed by atoms with E-state index >= 15 is 0 Å². The molecule has 48 heavy (non-hydrogen) atoms. The van der Waals surface area contributed by atoms with E-state index in [0.29, 0.717) is 49.8 Å². The molecular formula is C42H54N2O4. The predicted octanol–water partition coefficient (Wildman–Crippen LogP) is 8.45. The molecule has 1 fully saturated rings. The highest BCUT2D eigenvalue weighted by Gasteiger charge is 2.57. The minimum Gasteiger partial charge on any atom is -0.393 e. The summed E-state index contributed by atoms with van der Waals surface area (Å²) in [6, 6.07) is 23.9. The number of fused-ring (bicyclic) bond motifs is 8. The number of benzene rings is 3. The maximum absolute atomic E-state index is 14.5. The number of carbonyl (C=O) groups excluding carboxylic acids is 2. The topological polar surface area (TPSA) is 89.9 Å². The van der Waals surface area contributed by atoms with Crippen LogP contribution in [0.3, 0.4) is 0 Å². The molecule has 3 N–H and O–H groups in total. The van der Waals surface area contributed by atoms with Crippen LogP contribution in [0.4, 0.5) is 4.79 Å². The maximum atomic E-state index is 14.5. The van der Waals surface area contributed by atoms with Crippen LogP contribution in [-0.2, 0) is 6.42 Å². The van der Waals surface area contributed by atoms with E-state index in [9.17, 15) is 19.8 Å². The van der Waals surface area contributed by atoms with Crippen molar-refractivity contribution in [2.75, 3.05) is 13.1 Å². The molecule has 0 spiro atoms. The van der Waals surface area contributed by atoms with Crippen molar-refractivity contribution >= 4 is 11.8 Å². The van der Waals surface area contributed by atoms with Gasteiger partial charge in [0.1, 0.15) is 0 Å². The second kappa shape index (κ2) is 15.2. The number of nitrogens with one attached hydrogen (secondary N) is 1. The maximum Gasteiger partial charge on any atom is 0.317 e. The molecule has 3 aromatic rings.